The first-order valence-corrected chi connectivity index (χ1v) is 8.85. The summed E-state index contributed by atoms with van der Waals surface area (Å²) < 4.78 is 7.02. The summed E-state index contributed by atoms with van der Waals surface area (Å²) in [7, 11) is 1.66. The van der Waals surface area contributed by atoms with Crippen LogP contribution in [0.4, 0.5) is 0 Å². The smallest absolute Gasteiger partial charge is 0.278 e. The molecule has 24 heavy (non-hydrogen) atoms. The quantitative estimate of drug-likeness (QED) is 0.563. The number of methoxy groups -OCH3 is 1. The van der Waals surface area contributed by atoms with Crippen molar-refractivity contribution < 1.29 is 4.74 Å². The highest BCUT2D eigenvalue weighted by atomic mass is 32.2. The molecular formula is C18H21N3O2S. The van der Waals surface area contributed by atoms with Crippen LogP contribution in [0.3, 0.4) is 0 Å². The molecule has 5 nitrogen and oxygen atoms in total. The number of aryl methyl sites for hydroxylation is 1. The summed E-state index contributed by atoms with van der Waals surface area (Å²) in [6.45, 7) is 5.94. The second-order valence-corrected chi connectivity index (χ2v) is 6.96. The van der Waals surface area contributed by atoms with Gasteiger partial charge in [-0.25, -0.2) is 4.98 Å². The number of H-pyrrole nitrogens is 1. The molecule has 0 unspecified atom stereocenters. The summed E-state index contributed by atoms with van der Waals surface area (Å²) in [6, 6.07) is 9.90. The van der Waals surface area contributed by atoms with Crippen LogP contribution in [0.2, 0.25) is 0 Å². The predicted octanol–water partition coefficient (Wildman–Crippen LogP) is 3.91. The Morgan fingerprint density at radius 3 is 2.83 bits per heavy atom. The molecule has 0 amide bonds. The largest absolute Gasteiger partial charge is 0.497 e. The lowest BCUT2D eigenvalue weighted by molar-refractivity contribution is 0.414. The first-order chi connectivity index (χ1) is 11.5. The van der Waals surface area contributed by atoms with E-state index >= 15 is 0 Å². The number of ether oxygens (including phenoxy) is 1. The Kier molecular flexibility index (Phi) is 4.66. The minimum atomic E-state index is -0.0174. The van der Waals surface area contributed by atoms with Crippen molar-refractivity contribution >= 4 is 22.8 Å². The Hall–Kier alpha value is -2.21. The van der Waals surface area contributed by atoms with E-state index in [1.807, 2.05) is 51.1 Å². The lowest BCUT2D eigenvalue weighted by Crippen LogP contribution is -2.25. The molecule has 0 aliphatic rings. The Morgan fingerprint density at radius 2 is 2.12 bits per heavy atom. The first kappa shape index (κ1) is 16.6. The van der Waals surface area contributed by atoms with Gasteiger partial charge in [-0.2, -0.15) is 0 Å². The predicted molar refractivity (Wildman–Crippen MR) is 98.0 cm³/mol. The van der Waals surface area contributed by atoms with E-state index in [1.54, 1.807) is 23.4 Å². The topological polar surface area (TPSA) is 59.9 Å². The number of nitrogens with zero attached hydrogens (tertiary/aromatic N) is 2. The number of aromatic nitrogens is 3. The summed E-state index contributed by atoms with van der Waals surface area (Å²) in [5.74, 6) is 1.56. The van der Waals surface area contributed by atoms with Crippen LogP contribution in [0.1, 0.15) is 31.1 Å². The lowest BCUT2D eigenvalue weighted by Gasteiger charge is -2.15. The number of rotatable bonds is 5. The molecule has 3 rings (SSSR count). The van der Waals surface area contributed by atoms with Crippen molar-refractivity contribution in [3.05, 3.63) is 51.9 Å². The molecule has 6 heteroatoms. The SMILES string of the molecule is COc1cccc(CSc2nc3cc(C)[nH]c3c(=O)n2C(C)C)c1. The molecular weight excluding hydrogens is 322 g/mol. The summed E-state index contributed by atoms with van der Waals surface area (Å²) in [6.07, 6.45) is 0. The summed E-state index contributed by atoms with van der Waals surface area (Å²) in [5.41, 5.74) is 3.36. The average molecular weight is 343 g/mol. The first-order valence-electron chi connectivity index (χ1n) is 7.87. The van der Waals surface area contributed by atoms with Gasteiger partial charge >= 0.3 is 0 Å². The monoisotopic (exact) mass is 343 g/mol. The normalized spacial score (nSPS) is 11.4. The van der Waals surface area contributed by atoms with E-state index in [2.05, 4.69) is 4.98 Å². The Morgan fingerprint density at radius 1 is 1.33 bits per heavy atom. The fourth-order valence-corrected chi connectivity index (χ4v) is 3.73. The molecule has 0 bridgehead atoms. The second kappa shape index (κ2) is 6.73. The van der Waals surface area contributed by atoms with Gasteiger partial charge in [-0.05, 0) is 44.5 Å². The van der Waals surface area contributed by atoms with E-state index in [4.69, 9.17) is 9.72 Å². The highest BCUT2D eigenvalue weighted by molar-refractivity contribution is 7.98. The summed E-state index contributed by atoms with van der Waals surface area (Å²) >= 11 is 1.57. The van der Waals surface area contributed by atoms with E-state index in [-0.39, 0.29) is 11.6 Å². The molecule has 0 spiro atoms. The number of thioether (sulfide) groups is 1. The molecule has 0 aliphatic heterocycles. The van der Waals surface area contributed by atoms with E-state index < -0.39 is 0 Å². The standard InChI is InChI=1S/C18H21N3O2S/c1-11(2)21-17(22)16-15(8-12(3)19-16)20-18(21)24-10-13-6-5-7-14(9-13)23-4/h5-9,11,19H,10H2,1-4H3. The number of nitrogens with one attached hydrogen (secondary N) is 1. The van der Waals surface area contributed by atoms with Crippen molar-refractivity contribution in [1.29, 1.82) is 0 Å². The van der Waals surface area contributed by atoms with Crippen molar-refractivity contribution in [2.45, 2.75) is 37.7 Å². The third kappa shape index (κ3) is 3.19. The molecule has 3 aromatic rings. The zero-order valence-corrected chi connectivity index (χ0v) is 15.1. The molecule has 0 aliphatic carbocycles. The molecule has 0 fully saturated rings. The maximum absolute atomic E-state index is 12.8. The van der Waals surface area contributed by atoms with Crippen LogP contribution in [-0.4, -0.2) is 21.6 Å². The zero-order chi connectivity index (χ0) is 17.3. The van der Waals surface area contributed by atoms with Gasteiger partial charge in [-0.15, -0.1) is 0 Å². The third-order valence-corrected chi connectivity index (χ3v) is 4.83. The van der Waals surface area contributed by atoms with E-state index in [0.29, 0.717) is 5.52 Å². The Labute approximate surface area is 145 Å². The minimum Gasteiger partial charge on any atom is -0.497 e. The lowest BCUT2D eigenvalue weighted by atomic mass is 10.2. The summed E-state index contributed by atoms with van der Waals surface area (Å²) in [5, 5.41) is 0.740. The zero-order valence-electron chi connectivity index (χ0n) is 14.3. The highest BCUT2D eigenvalue weighted by Crippen LogP contribution is 2.25. The van der Waals surface area contributed by atoms with E-state index in [0.717, 1.165) is 33.4 Å². The van der Waals surface area contributed by atoms with E-state index in [1.165, 1.54) is 0 Å². The van der Waals surface area contributed by atoms with Crippen molar-refractivity contribution in [3.8, 4) is 5.75 Å². The fourth-order valence-electron chi connectivity index (χ4n) is 2.66. The molecule has 1 aromatic carbocycles. The number of hydrogen-bond donors (Lipinski definition) is 1. The van der Waals surface area contributed by atoms with Gasteiger partial charge in [0.2, 0.25) is 0 Å². The van der Waals surface area contributed by atoms with Crippen molar-refractivity contribution in [3.63, 3.8) is 0 Å². The van der Waals surface area contributed by atoms with Crippen LogP contribution in [0.5, 0.6) is 5.75 Å². The van der Waals surface area contributed by atoms with Crippen LogP contribution in [-0.2, 0) is 5.75 Å². The number of benzene rings is 1. The van der Waals surface area contributed by atoms with Crippen molar-refractivity contribution in [1.82, 2.24) is 14.5 Å². The number of hydrogen-bond acceptors (Lipinski definition) is 4. The van der Waals surface area contributed by atoms with Gasteiger partial charge < -0.3 is 9.72 Å². The molecule has 126 valence electrons. The number of aromatic amines is 1. The Balaban J connectivity index is 1.98. The highest BCUT2D eigenvalue weighted by Gasteiger charge is 2.15. The second-order valence-electron chi connectivity index (χ2n) is 6.02. The van der Waals surface area contributed by atoms with Gasteiger partial charge in [0.05, 0.1) is 12.6 Å². The van der Waals surface area contributed by atoms with Gasteiger partial charge in [0.25, 0.3) is 5.56 Å². The molecule has 2 aromatic heterocycles. The molecule has 0 atom stereocenters. The van der Waals surface area contributed by atoms with Gasteiger partial charge in [0.1, 0.15) is 11.3 Å². The van der Waals surface area contributed by atoms with Gasteiger partial charge in [-0.1, -0.05) is 23.9 Å². The minimum absolute atomic E-state index is 0.0174. The van der Waals surface area contributed by atoms with E-state index in [9.17, 15) is 4.79 Å². The van der Waals surface area contributed by atoms with Crippen LogP contribution >= 0.6 is 11.8 Å². The van der Waals surface area contributed by atoms with Crippen LogP contribution in [0.25, 0.3) is 11.0 Å². The molecule has 0 saturated heterocycles. The maximum atomic E-state index is 12.8. The molecule has 1 N–H and O–H groups in total. The van der Waals surface area contributed by atoms with Gasteiger partial charge in [0, 0.05) is 17.5 Å². The van der Waals surface area contributed by atoms with Crippen LogP contribution in [0, 0.1) is 6.92 Å². The van der Waals surface area contributed by atoms with Gasteiger partial charge in [0.15, 0.2) is 5.16 Å². The van der Waals surface area contributed by atoms with Crippen LogP contribution < -0.4 is 10.3 Å². The summed E-state index contributed by atoms with van der Waals surface area (Å²) in [4.78, 5) is 20.6. The Bertz CT molecular complexity index is 928. The van der Waals surface area contributed by atoms with Crippen molar-refractivity contribution in [2.75, 3.05) is 7.11 Å². The fraction of sp³-hybridized carbons (Fsp3) is 0.333. The molecule has 2 heterocycles. The molecule has 0 radical (unpaired) electrons. The third-order valence-electron chi connectivity index (χ3n) is 3.80. The number of fused-ring (bicyclic) bond motifs is 1. The average Bonchev–Trinajstić information content (AvgIpc) is 2.93. The van der Waals surface area contributed by atoms with Crippen LogP contribution in [0.15, 0.2) is 40.3 Å². The molecule has 0 saturated carbocycles. The maximum Gasteiger partial charge on any atom is 0.278 e. The van der Waals surface area contributed by atoms with Crippen molar-refractivity contribution in [2.24, 2.45) is 0 Å². The van der Waals surface area contributed by atoms with Gasteiger partial charge in [-0.3, -0.25) is 9.36 Å².